The molecule has 0 saturated carbocycles. The van der Waals surface area contributed by atoms with Crippen LogP contribution in [0.2, 0.25) is 0 Å². The average Bonchev–Trinajstić information content (AvgIpc) is 2.58. The zero-order valence-corrected chi connectivity index (χ0v) is 16.6. The highest BCUT2D eigenvalue weighted by Crippen LogP contribution is 2.27. The largest absolute Gasteiger partial charge is 0.483 e. The quantitative estimate of drug-likeness (QED) is 0.557. The Morgan fingerprint density at radius 3 is 2.64 bits per heavy atom. The highest BCUT2D eigenvalue weighted by atomic mass is 79.9. The van der Waals surface area contributed by atoms with Crippen LogP contribution in [0.15, 0.2) is 52.0 Å². The lowest BCUT2D eigenvalue weighted by atomic mass is 10.00. The number of ether oxygens (including phenoxy) is 1. The molecule has 5 heteroatoms. The van der Waals surface area contributed by atoms with Gasteiger partial charge >= 0.3 is 0 Å². The van der Waals surface area contributed by atoms with E-state index in [1.165, 1.54) is 5.56 Å². The number of aryl methyl sites for hydroxylation is 1. The summed E-state index contributed by atoms with van der Waals surface area (Å²) in [6.45, 7) is 8.02. The summed E-state index contributed by atoms with van der Waals surface area (Å²) in [5.41, 5.74) is 6.47. The summed E-state index contributed by atoms with van der Waals surface area (Å²) < 4.78 is 6.62. The minimum atomic E-state index is -0.290. The zero-order valence-electron chi connectivity index (χ0n) is 15.0. The van der Waals surface area contributed by atoms with E-state index in [0.717, 1.165) is 27.1 Å². The molecule has 0 aliphatic carbocycles. The highest BCUT2D eigenvalue weighted by molar-refractivity contribution is 9.10. The number of rotatable bonds is 6. The van der Waals surface area contributed by atoms with Crippen LogP contribution in [0.4, 0.5) is 0 Å². The van der Waals surface area contributed by atoms with Crippen molar-refractivity contribution in [3.63, 3.8) is 0 Å². The molecule has 2 aromatic rings. The molecule has 0 bridgehead atoms. The van der Waals surface area contributed by atoms with Crippen LogP contribution in [-0.2, 0) is 4.79 Å². The predicted octanol–water partition coefficient (Wildman–Crippen LogP) is 4.80. The Bertz CT molecular complexity index is 785. The van der Waals surface area contributed by atoms with E-state index in [9.17, 15) is 4.79 Å². The highest BCUT2D eigenvalue weighted by Gasteiger charge is 2.10. The van der Waals surface area contributed by atoms with Gasteiger partial charge in [-0.2, -0.15) is 5.10 Å². The van der Waals surface area contributed by atoms with Crippen molar-refractivity contribution >= 4 is 27.5 Å². The molecule has 0 spiro atoms. The smallest absolute Gasteiger partial charge is 0.277 e. The number of carbonyl (C=O) groups excluding carboxylic acids is 1. The molecule has 0 fully saturated rings. The molecule has 0 aromatic heterocycles. The van der Waals surface area contributed by atoms with Gasteiger partial charge in [-0.3, -0.25) is 4.79 Å². The lowest BCUT2D eigenvalue weighted by Crippen LogP contribution is -2.26. The van der Waals surface area contributed by atoms with Gasteiger partial charge in [0.25, 0.3) is 5.91 Å². The van der Waals surface area contributed by atoms with Crippen molar-refractivity contribution in [1.29, 1.82) is 0 Å². The average molecular weight is 403 g/mol. The molecule has 4 nitrogen and oxygen atoms in total. The van der Waals surface area contributed by atoms with Gasteiger partial charge in [-0.25, -0.2) is 5.43 Å². The molecule has 2 rings (SSSR count). The first-order valence-corrected chi connectivity index (χ1v) is 8.99. The molecule has 1 amide bonds. The summed E-state index contributed by atoms with van der Waals surface area (Å²) in [5.74, 6) is 0.776. The molecule has 0 heterocycles. The van der Waals surface area contributed by atoms with Crippen molar-refractivity contribution in [2.45, 2.75) is 33.6 Å². The molecule has 132 valence electrons. The number of nitrogens with one attached hydrogen (secondary N) is 1. The first-order valence-electron chi connectivity index (χ1n) is 8.20. The van der Waals surface area contributed by atoms with Gasteiger partial charge in [-0.1, -0.05) is 65.7 Å². The standard InChI is InChI=1S/C20H23BrN2O2/c1-13(2)17-11-14(3)9-10-19(17)25-12-20(24)23-22-15(4)16-7-5-6-8-18(16)21/h5-11,13H,12H2,1-4H3,(H,23,24). The Morgan fingerprint density at radius 2 is 1.96 bits per heavy atom. The minimum absolute atomic E-state index is 0.0739. The number of amides is 1. The molecule has 0 unspecified atom stereocenters. The number of benzene rings is 2. The van der Waals surface area contributed by atoms with E-state index in [4.69, 9.17) is 4.74 Å². The SMILES string of the molecule is CC(=NNC(=O)COc1ccc(C)cc1C(C)C)c1ccccc1Br. The second-order valence-corrected chi connectivity index (χ2v) is 7.05. The lowest BCUT2D eigenvalue weighted by Gasteiger charge is -2.14. The predicted molar refractivity (Wildman–Crippen MR) is 105 cm³/mol. The Hall–Kier alpha value is -2.14. The monoisotopic (exact) mass is 402 g/mol. The van der Waals surface area contributed by atoms with Crippen LogP contribution in [0.25, 0.3) is 0 Å². The molecule has 0 aliphatic heterocycles. The van der Waals surface area contributed by atoms with E-state index in [-0.39, 0.29) is 12.5 Å². The van der Waals surface area contributed by atoms with Crippen LogP contribution in [0.1, 0.15) is 43.4 Å². The first-order chi connectivity index (χ1) is 11.9. The summed E-state index contributed by atoms with van der Waals surface area (Å²) in [7, 11) is 0. The third-order valence-corrected chi connectivity index (χ3v) is 4.45. The van der Waals surface area contributed by atoms with Crippen molar-refractivity contribution in [3.05, 3.63) is 63.6 Å². The molecule has 0 radical (unpaired) electrons. The first kappa shape index (κ1) is 19.2. The molecule has 1 N–H and O–H groups in total. The van der Waals surface area contributed by atoms with Crippen molar-refractivity contribution < 1.29 is 9.53 Å². The number of hydrogen-bond donors (Lipinski definition) is 1. The fourth-order valence-corrected chi connectivity index (χ4v) is 2.96. The van der Waals surface area contributed by atoms with Gasteiger partial charge in [0.1, 0.15) is 5.75 Å². The van der Waals surface area contributed by atoms with E-state index in [0.29, 0.717) is 5.92 Å². The third kappa shape index (κ3) is 5.43. The van der Waals surface area contributed by atoms with Gasteiger partial charge in [0.15, 0.2) is 6.61 Å². The van der Waals surface area contributed by atoms with Crippen molar-refractivity contribution in [1.82, 2.24) is 5.43 Å². The summed E-state index contributed by atoms with van der Waals surface area (Å²) in [6, 6.07) is 13.7. The normalized spacial score (nSPS) is 11.5. The van der Waals surface area contributed by atoms with E-state index in [2.05, 4.69) is 46.4 Å². The van der Waals surface area contributed by atoms with Gasteiger partial charge in [-0.05, 0) is 37.5 Å². The van der Waals surface area contributed by atoms with Crippen LogP contribution < -0.4 is 10.2 Å². The second-order valence-electron chi connectivity index (χ2n) is 6.20. The van der Waals surface area contributed by atoms with Crippen molar-refractivity contribution in [2.24, 2.45) is 5.10 Å². The van der Waals surface area contributed by atoms with Crippen LogP contribution in [0.5, 0.6) is 5.75 Å². The fourth-order valence-electron chi connectivity index (χ4n) is 2.39. The van der Waals surface area contributed by atoms with Crippen LogP contribution in [-0.4, -0.2) is 18.2 Å². The molecule has 25 heavy (non-hydrogen) atoms. The lowest BCUT2D eigenvalue weighted by molar-refractivity contribution is -0.123. The van der Waals surface area contributed by atoms with Crippen molar-refractivity contribution in [2.75, 3.05) is 6.61 Å². The van der Waals surface area contributed by atoms with E-state index in [1.54, 1.807) is 0 Å². The molecule has 0 saturated heterocycles. The fraction of sp³-hybridized carbons (Fsp3) is 0.300. The maximum Gasteiger partial charge on any atom is 0.277 e. The van der Waals surface area contributed by atoms with Crippen LogP contribution in [0.3, 0.4) is 0 Å². The number of hydrogen-bond acceptors (Lipinski definition) is 3. The maximum atomic E-state index is 12.0. The Labute approximate surface area is 157 Å². The van der Waals surface area contributed by atoms with Crippen LogP contribution in [0, 0.1) is 6.92 Å². The Balaban J connectivity index is 1.98. The minimum Gasteiger partial charge on any atom is -0.483 e. The summed E-state index contributed by atoms with van der Waals surface area (Å²) in [6.07, 6.45) is 0. The number of halogens is 1. The Kier molecular flexibility index (Phi) is 6.76. The van der Waals surface area contributed by atoms with Crippen molar-refractivity contribution in [3.8, 4) is 5.75 Å². The van der Waals surface area contributed by atoms with E-state index < -0.39 is 0 Å². The summed E-state index contributed by atoms with van der Waals surface area (Å²) >= 11 is 3.47. The molecular formula is C20H23BrN2O2. The molecular weight excluding hydrogens is 380 g/mol. The zero-order chi connectivity index (χ0) is 18.4. The maximum absolute atomic E-state index is 12.0. The van der Waals surface area contributed by atoms with Gasteiger partial charge < -0.3 is 4.74 Å². The van der Waals surface area contributed by atoms with Gasteiger partial charge in [0, 0.05) is 10.0 Å². The number of carbonyl (C=O) groups is 1. The second kappa shape index (κ2) is 8.81. The number of nitrogens with zero attached hydrogens (tertiary/aromatic N) is 1. The van der Waals surface area contributed by atoms with E-state index in [1.807, 2.05) is 50.2 Å². The van der Waals surface area contributed by atoms with Gasteiger partial charge in [0.05, 0.1) is 5.71 Å². The number of hydrazone groups is 1. The summed E-state index contributed by atoms with van der Waals surface area (Å²) in [4.78, 5) is 12.0. The third-order valence-electron chi connectivity index (χ3n) is 3.76. The summed E-state index contributed by atoms with van der Waals surface area (Å²) in [5, 5.41) is 4.15. The topological polar surface area (TPSA) is 50.7 Å². The van der Waals surface area contributed by atoms with Crippen LogP contribution >= 0.6 is 15.9 Å². The van der Waals surface area contributed by atoms with E-state index >= 15 is 0 Å². The molecule has 0 atom stereocenters. The molecule has 2 aromatic carbocycles. The van der Waals surface area contributed by atoms with Gasteiger partial charge in [0.2, 0.25) is 0 Å². The molecule has 0 aliphatic rings. The van der Waals surface area contributed by atoms with Gasteiger partial charge in [-0.15, -0.1) is 0 Å². The Morgan fingerprint density at radius 1 is 1.24 bits per heavy atom.